The summed E-state index contributed by atoms with van der Waals surface area (Å²) in [6, 6.07) is 8.24. The van der Waals surface area contributed by atoms with Crippen molar-refractivity contribution in [2.24, 2.45) is 7.05 Å². The number of carbonyl (C=O) groups excluding carboxylic acids is 1. The predicted molar refractivity (Wildman–Crippen MR) is 99.1 cm³/mol. The van der Waals surface area contributed by atoms with Crippen LogP contribution in [0, 0.1) is 0 Å². The highest BCUT2D eigenvalue weighted by atomic mass is 16.5. The van der Waals surface area contributed by atoms with Gasteiger partial charge in [0.2, 0.25) is 5.91 Å². The molecule has 2 aliphatic heterocycles. The van der Waals surface area contributed by atoms with Crippen molar-refractivity contribution in [1.29, 1.82) is 0 Å². The van der Waals surface area contributed by atoms with E-state index in [-0.39, 0.29) is 18.6 Å². The van der Waals surface area contributed by atoms with E-state index in [0.717, 1.165) is 56.7 Å². The Labute approximate surface area is 154 Å². The molecule has 6 nitrogen and oxygen atoms in total. The zero-order chi connectivity index (χ0) is 17.9. The maximum Gasteiger partial charge on any atom is 0.248 e. The van der Waals surface area contributed by atoms with Crippen molar-refractivity contribution in [2.45, 2.75) is 37.7 Å². The van der Waals surface area contributed by atoms with Crippen LogP contribution in [0.15, 0.2) is 24.3 Å². The average Bonchev–Trinajstić information content (AvgIpc) is 3.30. The Balaban J connectivity index is 1.29. The van der Waals surface area contributed by atoms with Crippen LogP contribution in [0.2, 0.25) is 0 Å². The highest BCUT2D eigenvalue weighted by molar-refractivity contribution is 5.78. The Bertz CT molecular complexity index is 759. The van der Waals surface area contributed by atoms with Gasteiger partial charge in [0.05, 0.1) is 23.7 Å². The number of aryl methyl sites for hydroxylation is 1. The Morgan fingerprint density at radius 1 is 1.27 bits per heavy atom. The van der Waals surface area contributed by atoms with Gasteiger partial charge in [-0.15, -0.1) is 0 Å². The second-order valence-electron chi connectivity index (χ2n) is 7.32. The normalized spacial score (nSPS) is 21.6. The van der Waals surface area contributed by atoms with Gasteiger partial charge in [0.1, 0.15) is 12.4 Å². The van der Waals surface area contributed by atoms with Crippen LogP contribution in [-0.4, -0.2) is 59.4 Å². The quantitative estimate of drug-likeness (QED) is 0.825. The van der Waals surface area contributed by atoms with Crippen molar-refractivity contribution in [2.75, 3.05) is 32.9 Å². The standard InChI is InChI=1S/C20H27N3O3/c1-22-18-7-3-2-6-17(18)21-20(22)15-8-10-23(11-9-15)19(24)14-25-13-16-5-4-12-26-16/h2-3,6-7,15-16H,4-5,8-14H2,1H3. The van der Waals surface area contributed by atoms with Gasteiger partial charge in [0, 0.05) is 32.7 Å². The van der Waals surface area contributed by atoms with E-state index in [1.54, 1.807) is 0 Å². The molecule has 1 aromatic carbocycles. The number of nitrogens with zero attached hydrogens (tertiary/aromatic N) is 3. The second-order valence-corrected chi connectivity index (χ2v) is 7.32. The van der Waals surface area contributed by atoms with Crippen molar-refractivity contribution >= 4 is 16.9 Å². The molecule has 2 aliphatic rings. The van der Waals surface area contributed by atoms with Gasteiger partial charge in [0.25, 0.3) is 0 Å². The number of amides is 1. The van der Waals surface area contributed by atoms with E-state index in [9.17, 15) is 4.79 Å². The fourth-order valence-electron chi connectivity index (χ4n) is 4.06. The summed E-state index contributed by atoms with van der Waals surface area (Å²) in [5.74, 6) is 1.63. The number of likely N-dealkylation sites (tertiary alicyclic amines) is 1. The number of fused-ring (bicyclic) bond motifs is 1. The lowest BCUT2D eigenvalue weighted by Gasteiger charge is -2.31. The number of aromatic nitrogens is 2. The number of benzene rings is 1. The second kappa shape index (κ2) is 7.76. The van der Waals surface area contributed by atoms with Crippen molar-refractivity contribution < 1.29 is 14.3 Å². The van der Waals surface area contributed by atoms with E-state index in [1.807, 2.05) is 17.0 Å². The fourth-order valence-corrected chi connectivity index (χ4v) is 4.06. The number of piperidine rings is 1. The molecule has 1 atom stereocenters. The van der Waals surface area contributed by atoms with Crippen LogP contribution in [0.3, 0.4) is 0 Å². The molecule has 2 fully saturated rings. The van der Waals surface area contributed by atoms with Crippen molar-refractivity contribution in [3.63, 3.8) is 0 Å². The summed E-state index contributed by atoms with van der Waals surface area (Å²) in [7, 11) is 2.08. The first-order valence-corrected chi connectivity index (χ1v) is 9.61. The molecular formula is C20H27N3O3. The van der Waals surface area contributed by atoms with Gasteiger partial charge in [-0.05, 0) is 37.8 Å². The minimum Gasteiger partial charge on any atom is -0.376 e. The number of hydrogen-bond donors (Lipinski definition) is 0. The maximum absolute atomic E-state index is 12.4. The van der Waals surface area contributed by atoms with Crippen LogP contribution in [0.25, 0.3) is 11.0 Å². The summed E-state index contributed by atoms with van der Waals surface area (Å²) >= 11 is 0. The fraction of sp³-hybridized carbons (Fsp3) is 0.600. The largest absolute Gasteiger partial charge is 0.376 e. The van der Waals surface area contributed by atoms with Crippen LogP contribution in [-0.2, 0) is 21.3 Å². The van der Waals surface area contributed by atoms with Crippen LogP contribution < -0.4 is 0 Å². The zero-order valence-electron chi connectivity index (χ0n) is 15.4. The number of imidazole rings is 1. The van der Waals surface area contributed by atoms with Gasteiger partial charge in [-0.25, -0.2) is 4.98 Å². The van der Waals surface area contributed by atoms with Gasteiger partial charge in [-0.2, -0.15) is 0 Å². The third-order valence-corrected chi connectivity index (χ3v) is 5.59. The lowest BCUT2D eigenvalue weighted by molar-refractivity contribution is -0.138. The Morgan fingerprint density at radius 2 is 2.08 bits per heavy atom. The lowest BCUT2D eigenvalue weighted by atomic mass is 9.96. The number of ether oxygens (including phenoxy) is 2. The van der Waals surface area contributed by atoms with Gasteiger partial charge < -0.3 is 18.9 Å². The highest BCUT2D eigenvalue weighted by Crippen LogP contribution is 2.29. The van der Waals surface area contributed by atoms with Crippen LogP contribution in [0.5, 0.6) is 0 Å². The Kier molecular flexibility index (Phi) is 5.22. The lowest BCUT2D eigenvalue weighted by Crippen LogP contribution is -2.40. The van der Waals surface area contributed by atoms with Crippen molar-refractivity contribution in [3.8, 4) is 0 Å². The van der Waals surface area contributed by atoms with E-state index in [4.69, 9.17) is 14.5 Å². The molecule has 3 heterocycles. The molecule has 26 heavy (non-hydrogen) atoms. The van der Waals surface area contributed by atoms with Crippen LogP contribution in [0.1, 0.15) is 37.4 Å². The minimum absolute atomic E-state index is 0.0893. The molecule has 6 heteroatoms. The molecule has 0 spiro atoms. The van der Waals surface area contributed by atoms with Crippen molar-refractivity contribution in [1.82, 2.24) is 14.5 Å². The Hall–Kier alpha value is -1.92. The molecule has 0 radical (unpaired) electrons. The monoisotopic (exact) mass is 357 g/mol. The van der Waals surface area contributed by atoms with E-state index in [2.05, 4.69) is 23.7 Å². The van der Waals surface area contributed by atoms with Gasteiger partial charge in [0.15, 0.2) is 0 Å². The van der Waals surface area contributed by atoms with E-state index in [1.165, 1.54) is 5.52 Å². The number of rotatable bonds is 5. The minimum atomic E-state index is 0.0893. The van der Waals surface area contributed by atoms with Gasteiger partial charge >= 0.3 is 0 Å². The first-order chi connectivity index (χ1) is 12.7. The predicted octanol–water partition coefficient (Wildman–Crippen LogP) is 2.47. The molecule has 0 bridgehead atoms. The third-order valence-electron chi connectivity index (χ3n) is 5.59. The first-order valence-electron chi connectivity index (χ1n) is 9.61. The summed E-state index contributed by atoms with van der Waals surface area (Å²) in [6.45, 7) is 3.06. The molecule has 140 valence electrons. The molecule has 0 aliphatic carbocycles. The molecule has 1 aromatic heterocycles. The van der Waals surface area contributed by atoms with Crippen LogP contribution >= 0.6 is 0 Å². The molecule has 4 rings (SSSR count). The molecule has 1 amide bonds. The summed E-state index contributed by atoms with van der Waals surface area (Å²) in [6.07, 6.45) is 4.21. The number of hydrogen-bond acceptors (Lipinski definition) is 4. The van der Waals surface area contributed by atoms with E-state index in [0.29, 0.717) is 12.5 Å². The molecular weight excluding hydrogens is 330 g/mol. The zero-order valence-corrected chi connectivity index (χ0v) is 15.4. The molecule has 0 saturated carbocycles. The smallest absolute Gasteiger partial charge is 0.248 e. The van der Waals surface area contributed by atoms with Crippen LogP contribution in [0.4, 0.5) is 0 Å². The topological polar surface area (TPSA) is 56.6 Å². The highest BCUT2D eigenvalue weighted by Gasteiger charge is 2.27. The molecule has 2 aromatic rings. The van der Waals surface area contributed by atoms with Gasteiger partial charge in [-0.3, -0.25) is 4.79 Å². The molecule has 1 unspecified atom stereocenters. The molecule has 0 N–H and O–H groups in total. The summed E-state index contributed by atoms with van der Waals surface area (Å²) in [4.78, 5) is 19.1. The van der Waals surface area contributed by atoms with E-state index < -0.39 is 0 Å². The molecule has 2 saturated heterocycles. The summed E-state index contributed by atoms with van der Waals surface area (Å²) in [5, 5.41) is 0. The van der Waals surface area contributed by atoms with Crippen molar-refractivity contribution in [3.05, 3.63) is 30.1 Å². The summed E-state index contributed by atoms with van der Waals surface area (Å²) in [5.41, 5.74) is 2.22. The maximum atomic E-state index is 12.4. The van der Waals surface area contributed by atoms with E-state index >= 15 is 0 Å². The SMILES string of the molecule is Cn1c(C2CCN(C(=O)COCC3CCCO3)CC2)nc2ccccc21. The average molecular weight is 357 g/mol. The summed E-state index contributed by atoms with van der Waals surface area (Å²) < 4.78 is 13.3. The first kappa shape index (κ1) is 17.5. The number of para-hydroxylation sites is 2. The number of carbonyl (C=O) groups is 1. The van der Waals surface area contributed by atoms with Gasteiger partial charge in [-0.1, -0.05) is 12.1 Å². The Morgan fingerprint density at radius 3 is 2.81 bits per heavy atom. The third kappa shape index (κ3) is 3.62.